The molecule has 2 aromatic carbocycles. The number of alkyl halides is 3. The predicted molar refractivity (Wildman–Crippen MR) is 112 cm³/mol. The summed E-state index contributed by atoms with van der Waals surface area (Å²) in [4.78, 5) is 26.8. The molecule has 1 fully saturated rings. The summed E-state index contributed by atoms with van der Waals surface area (Å²) in [5.74, 6) is -0.167. The highest BCUT2D eigenvalue weighted by Crippen LogP contribution is 2.34. The van der Waals surface area contributed by atoms with E-state index in [1.54, 1.807) is 0 Å². The van der Waals surface area contributed by atoms with Gasteiger partial charge in [0.15, 0.2) is 0 Å². The van der Waals surface area contributed by atoms with Gasteiger partial charge in [0.05, 0.1) is 22.6 Å². The zero-order valence-corrected chi connectivity index (χ0v) is 17.5. The first-order valence-corrected chi connectivity index (χ1v) is 10.7. The lowest BCUT2D eigenvalue weighted by molar-refractivity contribution is -0.137. The van der Waals surface area contributed by atoms with Crippen LogP contribution in [0.15, 0.2) is 42.5 Å². The number of fused-ring (bicyclic) bond motifs is 1. The number of anilines is 1. The van der Waals surface area contributed by atoms with Gasteiger partial charge in [0.2, 0.25) is 5.91 Å². The van der Waals surface area contributed by atoms with Crippen LogP contribution in [-0.2, 0) is 17.4 Å². The molecule has 0 spiro atoms. The number of halogens is 4. The molecule has 8 heteroatoms. The molecule has 2 aromatic rings. The minimum absolute atomic E-state index is 0.00889. The molecule has 1 N–H and O–H groups in total. The molecule has 31 heavy (non-hydrogen) atoms. The number of carbonyl (C=O) groups is 2. The largest absolute Gasteiger partial charge is 0.416 e. The Labute approximate surface area is 183 Å². The number of rotatable bonds is 4. The van der Waals surface area contributed by atoms with Crippen molar-refractivity contribution in [3.05, 3.63) is 64.2 Å². The molecule has 0 bridgehead atoms. The van der Waals surface area contributed by atoms with Crippen LogP contribution < -0.4 is 10.2 Å². The molecule has 4 rings (SSSR count). The van der Waals surface area contributed by atoms with E-state index in [1.807, 2.05) is 29.2 Å². The second-order valence-electron chi connectivity index (χ2n) is 8.19. The summed E-state index contributed by atoms with van der Waals surface area (Å²) in [7, 11) is 0. The smallest absolute Gasteiger partial charge is 0.349 e. The fourth-order valence-corrected chi connectivity index (χ4v) is 4.61. The van der Waals surface area contributed by atoms with Crippen molar-refractivity contribution in [3.8, 4) is 0 Å². The van der Waals surface area contributed by atoms with Crippen molar-refractivity contribution in [2.24, 2.45) is 5.92 Å². The summed E-state index contributed by atoms with van der Waals surface area (Å²) in [5.41, 5.74) is 0.952. The number of hydrogen-bond acceptors (Lipinski definition) is 2. The van der Waals surface area contributed by atoms with E-state index in [0.29, 0.717) is 31.7 Å². The summed E-state index contributed by atoms with van der Waals surface area (Å²) in [6, 6.07) is 10.4. The fraction of sp³-hybridized carbons (Fsp3) is 0.391. The van der Waals surface area contributed by atoms with Crippen molar-refractivity contribution in [1.29, 1.82) is 0 Å². The summed E-state index contributed by atoms with van der Waals surface area (Å²) >= 11 is 5.97. The molecule has 2 aliphatic rings. The Balaban J connectivity index is 1.34. The Morgan fingerprint density at radius 1 is 1.10 bits per heavy atom. The lowest BCUT2D eigenvalue weighted by atomic mass is 9.85. The first-order valence-electron chi connectivity index (χ1n) is 10.3. The quantitative estimate of drug-likeness (QED) is 0.692. The lowest BCUT2D eigenvalue weighted by Gasteiger charge is -2.32. The predicted octanol–water partition coefficient (Wildman–Crippen LogP) is 5.24. The van der Waals surface area contributed by atoms with Crippen LogP contribution in [0, 0.1) is 5.92 Å². The highest BCUT2D eigenvalue weighted by Gasteiger charge is 2.33. The van der Waals surface area contributed by atoms with Crippen molar-refractivity contribution >= 4 is 29.1 Å². The van der Waals surface area contributed by atoms with E-state index in [1.165, 1.54) is 0 Å². The van der Waals surface area contributed by atoms with E-state index in [9.17, 15) is 22.8 Å². The number of hydrogen-bond donors (Lipinski definition) is 1. The van der Waals surface area contributed by atoms with Crippen molar-refractivity contribution in [2.75, 3.05) is 11.4 Å². The first kappa shape index (κ1) is 21.7. The van der Waals surface area contributed by atoms with Gasteiger partial charge in [0.1, 0.15) is 0 Å². The van der Waals surface area contributed by atoms with E-state index in [-0.39, 0.29) is 22.5 Å². The second-order valence-corrected chi connectivity index (χ2v) is 8.60. The molecule has 1 saturated carbocycles. The molecule has 1 aliphatic carbocycles. The normalized spacial score (nSPS) is 21.2. The van der Waals surface area contributed by atoms with Crippen LogP contribution in [0.1, 0.15) is 47.2 Å². The van der Waals surface area contributed by atoms with Crippen molar-refractivity contribution in [2.45, 2.75) is 44.3 Å². The van der Waals surface area contributed by atoms with Gasteiger partial charge in [-0.15, -0.1) is 0 Å². The van der Waals surface area contributed by atoms with E-state index in [4.69, 9.17) is 11.6 Å². The third-order valence-electron chi connectivity index (χ3n) is 6.09. The van der Waals surface area contributed by atoms with Gasteiger partial charge in [-0.05, 0) is 61.4 Å². The van der Waals surface area contributed by atoms with Gasteiger partial charge in [-0.2, -0.15) is 13.2 Å². The molecule has 0 aromatic heterocycles. The molecule has 0 saturated heterocycles. The number of amides is 2. The highest BCUT2D eigenvalue weighted by atomic mass is 35.5. The number of nitrogens with one attached hydrogen (secondary N) is 1. The van der Waals surface area contributed by atoms with Crippen LogP contribution in [0.3, 0.4) is 0 Å². The maximum absolute atomic E-state index is 12.9. The SMILES string of the molecule is O=C(N[C@H]1CC[C@H](CN2C(=O)Cc3ccccc32)CC1)c1cc(C(F)(F)F)ccc1Cl. The molecule has 4 nitrogen and oxygen atoms in total. The van der Waals surface area contributed by atoms with Crippen LogP contribution in [0.4, 0.5) is 18.9 Å². The van der Waals surface area contributed by atoms with Crippen LogP contribution in [0.25, 0.3) is 0 Å². The van der Waals surface area contributed by atoms with E-state index >= 15 is 0 Å². The van der Waals surface area contributed by atoms with E-state index in [0.717, 1.165) is 42.3 Å². The van der Waals surface area contributed by atoms with Gasteiger partial charge in [0.25, 0.3) is 5.91 Å². The minimum Gasteiger partial charge on any atom is -0.349 e. The molecule has 164 valence electrons. The van der Waals surface area contributed by atoms with Crippen molar-refractivity contribution in [1.82, 2.24) is 5.32 Å². The Morgan fingerprint density at radius 3 is 2.52 bits per heavy atom. The Hall–Kier alpha value is -2.54. The Morgan fingerprint density at radius 2 is 1.81 bits per heavy atom. The van der Waals surface area contributed by atoms with Gasteiger partial charge >= 0.3 is 6.18 Å². The Kier molecular flexibility index (Phi) is 5.97. The first-order chi connectivity index (χ1) is 14.7. The molecular weight excluding hydrogens is 429 g/mol. The molecular formula is C23H22ClF3N2O2. The average molecular weight is 451 g/mol. The van der Waals surface area contributed by atoms with Crippen LogP contribution in [-0.4, -0.2) is 24.4 Å². The van der Waals surface area contributed by atoms with Crippen LogP contribution in [0.5, 0.6) is 0 Å². The summed E-state index contributed by atoms with van der Waals surface area (Å²) in [6.07, 6.45) is -1.05. The molecule has 0 radical (unpaired) electrons. The van der Waals surface area contributed by atoms with Crippen LogP contribution in [0.2, 0.25) is 5.02 Å². The van der Waals surface area contributed by atoms with Crippen LogP contribution >= 0.6 is 11.6 Å². The summed E-state index contributed by atoms with van der Waals surface area (Å²) in [5, 5.41) is 2.81. The second kappa shape index (κ2) is 8.54. The third kappa shape index (κ3) is 4.71. The number of nitrogens with zero attached hydrogens (tertiary/aromatic N) is 1. The molecule has 0 atom stereocenters. The molecule has 1 aliphatic heterocycles. The third-order valence-corrected chi connectivity index (χ3v) is 6.42. The van der Waals surface area contributed by atoms with E-state index in [2.05, 4.69) is 5.32 Å². The fourth-order valence-electron chi connectivity index (χ4n) is 4.40. The monoisotopic (exact) mass is 450 g/mol. The number of benzene rings is 2. The number of carbonyl (C=O) groups excluding carboxylic acids is 2. The molecule has 2 amide bonds. The zero-order valence-electron chi connectivity index (χ0n) is 16.7. The topological polar surface area (TPSA) is 49.4 Å². The standard InChI is InChI=1S/C23H22ClF3N2O2/c24-19-10-7-16(23(25,26)27)12-18(19)22(31)28-17-8-5-14(6-9-17)13-29-20-4-2-1-3-15(20)11-21(29)30/h1-4,7,10,12,14,17H,5-6,8-9,11,13H2,(H,28,31)/t14-,17-. The van der Waals surface area contributed by atoms with Crippen molar-refractivity contribution < 1.29 is 22.8 Å². The number of para-hydroxylation sites is 1. The van der Waals surface area contributed by atoms with Gasteiger partial charge in [-0.1, -0.05) is 29.8 Å². The maximum atomic E-state index is 12.9. The maximum Gasteiger partial charge on any atom is 0.416 e. The minimum atomic E-state index is -4.54. The van der Waals surface area contributed by atoms with Gasteiger partial charge < -0.3 is 10.2 Å². The Bertz CT molecular complexity index is 1000. The lowest BCUT2D eigenvalue weighted by Crippen LogP contribution is -2.40. The van der Waals surface area contributed by atoms with E-state index < -0.39 is 17.6 Å². The highest BCUT2D eigenvalue weighted by molar-refractivity contribution is 6.33. The molecule has 0 unspecified atom stereocenters. The zero-order chi connectivity index (χ0) is 22.2. The average Bonchev–Trinajstić information content (AvgIpc) is 3.04. The van der Waals surface area contributed by atoms with Gasteiger partial charge in [0, 0.05) is 18.3 Å². The summed E-state index contributed by atoms with van der Waals surface area (Å²) < 4.78 is 38.8. The van der Waals surface area contributed by atoms with Crippen molar-refractivity contribution in [3.63, 3.8) is 0 Å². The van der Waals surface area contributed by atoms with Gasteiger partial charge in [-0.25, -0.2) is 0 Å². The molecule has 1 heterocycles. The summed E-state index contributed by atoms with van der Waals surface area (Å²) in [6.45, 7) is 0.649. The van der Waals surface area contributed by atoms with Gasteiger partial charge in [-0.3, -0.25) is 9.59 Å².